The average molecular weight is 323 g/mol. The van der Waals surface area contributed by atoms with E-state index in [2.05, 4.69) is 0 Å². The fraction of sp³-hybridized carbons (Fsp3) is 0.125. The molecule has 2 aromatic carbocycles. The van der Waals surface area contributed by atoms with Crippen LogP contribution in [0.2, 0.25) is 10.0 Å². The fourth-order valence-electron chi connectivity index (χ4n) is 2.25. The third kappa shape index (κ3) is 2.60. The highest BCUT2D eigenvalue weighted by atomic mass is 35.5. The van der Waals surface area contributed by atoms with Crippen LogP contribution >= 0.6 is 23.2 Å². The topological polar surface area (TPSA) is 42.6 Å². The van der Waals surface area contributed by atoms with Gasteiger partial charge >= 0.3 is 0 Å². The maximum Gasteiger partial charge on any atom is 0.153 e. The lowest BCUT2D eigenvalue weighted by Crippen LogP contribution is -2.01. The summed E-state index contributed by atoms with van der Waals surface area (Å²) in [4.78, 5) is 0. The molecule has 0 amide bonds. The van der Waals surface area contributed by atoms with E-state index in [1.54, 1.807) is 30.3 Å². The molecular weight excluding hydrogens is 311 g/mol. The molecule has 0 saturated carbocycles. The van der Waals surface area contributed by atoms with E-state index in [1.165, 1.54) is 7.11 Å². The van der Waals surface area contributed by atoms with Crippen LogP contribution in [0.1, 0.15) is 17.4 Å². The van der Waals surface area contributed by atoms with Crippen LogP contribution in [0.4, 0.5) is 0 Å². The second kappa shape index (κ2) is 5.60. The highest BCUT2D eigenvalue weighted by Crippen LogP contribution is 2.36. The van der Waals surface area contributed by atoms with Crippen molar-refractivity contribution < 1.29 is 14.3 Å². The van der Waals surface area contributed by atoms with Crippen molar-refractivity contribution >= 4 is 34.2 Å². The quantitative estimate of drug-likeness (QED) is 0.751. The number of fused-ring (bicyclic) bond motifs is 1. The van der Waals surface area contributed by atoms with Gasteiger partial charge in [0.05, 0.1) is 12.1 Å². The van der Waals surface area contributed by atoms with Crippen LogP contribution in [0, 0.1) is 0 Å². The van der Waals surface area contributed by atoms with Crippen LogP contribution in [0.25, 0.3) is 11.0 Å². The number of aliphatic hydroxyl groups is 1. The van der Waals surface area contributed by atoms with Gasteiger partial charge in [0, 0.05) is 16.0 Å². The molecule has 0 radical (unpaired) electrons. The summed E-state index contributed by atoms with van der Waals surface area (Å²) in [6.07, 6.45) is -0.984. The molecule has 0 aliphatic carbocycles. The predicted molar refractivity (Wildman–Crippen MR) is 83.3 cm³/mol. The van der Waals surface area contributed by atoms with Crippen LogP contribution in [0.15, 0.2) is 46.9 Å². The largest absolute Gasteiger partial charge is 0.496 e. The van der Waals surface area contributed by atoms with E-state index in [-0.39, 0.29) is 0 Å². The molecule has 1 N–H and O–H groups in total. The Bertz CT molecular complexity index is 795. The standard InChI is InChI=1S/C16H12Cl2O3/c1-20-13-6-5-10(17)8-11(13)15(19)14-7-9-3-2-4-12(18)16(9)21-14/h2-8,15,19H,1H3. The Morgan fingerprint density at radius 2 is 1.95 bits per heavy atom. The summed E-state index contributed by atoms with van der Waals surface area (Å²) in [5, 5.41) is 12.4. The molecule has 1 aromatic heterocycles. The molecule has 5 heteroatoms. The Morgan fingerprint density at radius 3 is 2.67 bits per heavy atom. The van der Waals surface area contributed by atoms with E-state index < -0.39 is 6.10 Å². The van der Waals surface area contributed by atoms with Gasteiger partial charge in [-0.05, 0) is 30.3 Å². The number of halogens is 2. The highest BCUT2D eigenvalue weighted by Gasteiger charge is 2.20. The summed E-state index contributed by atoms with van der Waals surface area (Å²) in [6, 6.07) is 12.3. The van der Waals surface area contributed by atoms with Crippen molar-refractivity contribution in [2.75, 3.05) is 7.11 Å². The van der Waals surface area contributed by atoms with Gasteiger partial charge in [-0.3, -0.25) is 0 Å². The lowest BCUT2D eigenvalue weighted by molar-refractivity contribution is 0.188. The van der Waals surface area contributed by atoms with E-state index in [4.69, 9.17) is 32.4 Å². The monoisotopic (exact) mass is 322 g/mol. The maximum absolute atomic E-state index is 10.5. The molecular formula is C16H12Cl2O3. The molecule has 3 rings (SSSR count). The fourth-order valence-corrected chi connectivity index (χ4v) is 2.66. The lowest BCUT2D eigenvalue weighted by Gasteiger charge is -2.13. The Labute approximate surface area is 131 Å². The zero-order valence-corrected chi connectivity index (χ0v) is 12.7. The molecule has 0 fully saturated rings. The summed E-state index contributed by atoms with van der Waals surface area (Å²) >= 11 is 12.1. The number of benzene rings is 2. The van der Waals surface area contributed by atoms with Crippen LogP contribution in [-0.2, 0) is 0 Å². The smallest absolute Gasteiger partial charge is 0.153 e. The Balaban J connectivity index is 2.10. The van der Waals surface area contributed by atoms with Gasteiger partial charge in [0.15, 0.2) is 5.58 Å². The summed E-state index contributed by atoms with van der Waals surface area (Å²) in [7, 11) is 1.54. The van der Waals surface area contributed by atoms with Gasteiger partial charge in [-0.1, -0.05) is 35.3 Å². The first-order valence-corrected chi connectivity index (χ1v) is 7.05. The maximum atomic E-state index is 10.5. The minimum atomic E-state index is -0.984. The van der Waals surface area contributed by atoms with Crippen molar-refractivity contribution in [1.82, 2.24) is 0 Å². The number of aliphatic hydroxyl groups excluding tert-OH is 1. The van der Waals surface area contributed by atoms with Crippen molar-refractivity contribution in [3.63, 3.8) is 0 Å². The normalized spacial score (nSPS) is 12.6. The molecule has 0 aliphatic rings. The van der Waals surface area contributed by atoms with E-state index in [9.17, 15) is 5.11 Å². The minimum absolute atomic E-state index is 0.388. The number of furan rings is 1. The molecule has 1 heterocycles. The van der Waals surface area contributed by atoms with Crippen LogP contribution in [0.5, 0.6) is 5.75 Å². The highest BCUT2D eigenvalue weighted by molar-refractivity contribution is 6.34. The summed E-state index contributed by atoms with van der Waals surface area (Å²) in [5.41, 5.74) is 1.09. The Hall–Kier alpha value is -1.68. The first kappa shape index (κ1) is 14.3. The third-order valence-electron chi connectivity index (χ3n) is 3.27. The molecule has 0 aliphatic heterocycles. The van der Waals surface area contributed by atoms with Crippen LogP contribution in [0.3, 0.4) is 0 Å². The number of hydrogen-bond donors (Lipinski definition) is 1. The van der Waals surface area contributed by atoms with E-state index in [0.29, 0.717) is 32.7 Å². The lowest BCUT2D eigenvalue weighted by atomic mass is 10.1. The van der Waals surface area contributed by atoms with Crippen LogP contribution in [-0.4, -0.2) is 12.2 Å². The minimum Gasteiger partial charge on any atom is -0.496 e. The second-order valence-electron chi connectivity index (χ2n) is 4.60. The molecule has 3 nitrogen and oxygen atoms in total. The van der Waals surface area contributed by atoms with Crippen molar-refractivity contribution in [2.24, 2.45) is 0 Å². The summed E-state index contributed by atoms with van der Waals surface area (Å²) in [5.74, 6) is 0.928. The van der Waals surface area contributed by atoms with E-state index in [0.717, 1.165) is 5.39 Å². The van der Waals surface area contributed by atoms with E-state index >= 15 is 0 Å². The van der Waals surface area contributed by atoms with Crippen molar-refractivity contribution in [1.29, 1.82) is 0 Å². The summed E-state index contributed by atoms with van der Waals surface area (Å²) < 4.78 is 10.9. The number of rotatable bonds is 3. The number of hydrogen-bond acceptors (Lipinski definition) is 3. The third-order valence-corrected chi connectivity index (χ3v) is 3.80. The second-order valence-corrected chi connectivity index (χ2v) is 5.44. The predicted octanol–water partition coefficient (Wildman–Crippen LogP) is 4.83. The average Bonchev–Trinajstić information content (AvgIpc) is 2.92. The van der Waals surface area contributed by atoms with Crippen molar-refractivity contribution in [3.8, 4) is 5.75 Å². The Morgan fingerprint density at radius 1 is 1.14 bits per heavy atom. The van der Waals surface area contributed by atoms with Crippen LogP contribution < -0.4 is 4.74 Å². The van der Waals surface area contributed by atoms with Gasteiger partial charge in [0.25, 0.3) is 0 Å². The molecule has 1 atom stereocenters. The molecule has 1 unspecified atom stereocenters. The van der Waals surface area contributed by atoms with Gasteiger partial charge < -0.3 is 14.3 Å². The SMILES string of the molecule is COc1ccc(Cl)cc1C(O)c1cc2cccc(Cl)c2o1. The first-order chi connectivity index (χ1) is 10.1. The van der Waals surface area contributed by atoms with Gasteiger partial charge in [0.2, 0.25) is 0 Å². The zero-order chi connectivity index (χ0) is 15.0. The van der Waals surface area contributed by atoms with Gasteiger partial charge in [-0.2, -0.15) is 0 Å². The molecule has 108 valence electrons. The van der Waals surface area contributed by atoms with Crippen molar-refractivity contribution in [3.05, 3.63) is 63.8 Å². The molecule has 21 heavy (non-hydrogen) atoms. The first-order valence-electron chi connectivity index (χ1n) is 6.29. The number of para-hydroxylation sites is 1. The molecule has 0 saturated heterocycles. The molecule has 3 aromatic rings. The number of methoxy groups -OCH3 is 1. The van der Waals surface area contributed by atoms with Gasteiger partial charge in [-0.25, -0.2) is 0 Å². The van der Waals surface area contributed by atoms with E-state index in [1.807, 2.05) is 12.1 Å². The number of ether oxygens (including phenoxy) is 1. The molecule has 0 bridgehead atoms. The zero-order valence-electron chi connectivity index (χ0n) is 11.1. The van der Waals surface area contributed by atoms with Crippen molar-refractivity contribution in [2.45, 2.75) is 6.10 Å². The Kier molecular flexibility index (Phi) is 3.81. The summed E-state index contributed by atoms with van der Waals surface area (Å²) in [6.45, 7) is 0. The molecule has 0 spiro atoms. The van der Waals surface area contributed by atoms with Gasteiger partial charge in [0.1, 0.15) is 17.6 Å². The van der Waals surface area contributed by atoms with Gasteiger partial charge in [-0.15, -0.1) is 0 Å².